The quantitative estimate of drug-likeness (QED) is 0.735. The number of pyridine rings is 1. The Balaban J connectivity index is 1.99. The monoisotopic (exact) mass is 291 g/mol. The molecule has 0 amide bonds. The van der Waals surface area contributed by atoms with Gasteiger partial charge in [0.15, 0.2) is 0 Å². The summed E-state index contributed by atoms with van der Waals surface area (Å²) in [6.45, 7) is 0. The number of aryl methyl sites for hydroxylation is 1. The molecule has 0 aliphatic carbocycles. The van der Waals surface area contributed by atoms with Crippen molar-refractivity contribution in [3.63, 3.8) is 0 Å². The first-order valence-corrected chi connectivity index (χ1v) is 8.66. The third-order valence-corrected chi connectivity index (χ3v) is 6.34. The van der Waals surface area contributed by atoms with Gasteiger partial charge in [-0.3, -0.25) is 4.98 Å². The second-order valence-corrected chi connectivity index (χ2v) is 7.73. The third-order valence-electron chi connectivity index (χ3n) is 3.50. The highest BCUT2D eigenvalue weighted by Crippen LogP contribution is 2.18. The van der Waals surface area contributed by atoms with Crippen molar-refractivity contribution in [2.24, 2.45) is 0 Å². The fraction of sp³-hybridized carbons (Fsp3) is 0.400. The van der Waals surface area contributed by atoms with Crippen molar-refractivity contribution in [1.82, 2.24) is 4.98 Å². The molecule has 4 nitrogen and oxygen atoms in total. The smallest absolute Gasteiger partial charge is 0.377 e. The number of aromatic nitrogens is 1. The Morgan fingerprint density at radius 3 is 2.35 bits per heavy atom. The summed E-state index contributed by atoms with van der Waals surface area (Å²) in [4.78, 5) is 4.67. The number of hydrogen-bond acceptors (Lipinski definition) is 4. The minimum absolute atomic E-state index is 0.797. The SMILES string of the molecule is CO[Si](CCCc1ccc2ccccc2n1)(OC)OC. The first-order valence-electron chi connectivity index (χ1n) is 6.73. The van der Waals surface area contributed by atoms with E-state index in [1.165, 1.54) is 5.39 Å². The average Bonchev–Trinajstić information content (AvgIpc) is 2.52. The Morgan fingerprint density at radius 1 is 0.950 bits per heavy atom. The van der Waals surface area contributed by atoms with Gasteiger partial charge in [0.1, 0.15) is 0 Å². The Morgan fingerprint density at radius 2 is 1.65 bits per heavy atom. The summed E-state index contributed by atoms with van der Waals surface area (Å²) in [6, 6.07) is 13.1. The third kappa shape index (κ3) is 3.43. The molecule has 0 saturated heterocycles. The van der Waals surface area contributed by atoms with Crippen LogP contribution in [0.15, 0.2) is 36.4 Å². The first kappa shape index (κ1) is 15.1. The van der Waals surface area contributed by atoms with Crippen molar-refractivity contribution in [2.75, 3.05) is 21.3 Å². The van der Waals surface area contributed by atoms with E-state index in [1.54, 1.807) is 21.3 Å². The lowest BCUT2D eigenvalue weighted by molar-refractivity contribution is 0.123. The molecule has 1 aromatic carbocycles. The number of nitrogens with zero attached hydrogens (tertiary/aromatic N) is 1. The molecule has 0 N–H and O–H groups in total. The molecule has 5 heteroatoms. The van der Waals surface area contributed by atoms with E-state index in [9.17, 15) is 0 Å². The highest BCUT2D eigenvalue weighted by atomic mass is 28.4. The minimum atomic E-state index is -2.45. The molecule has 0 spiro atoms. The number of fused-ring (bicyclic) bond motifs is 1. The van der Waals surface area contributed by atoms with Gasteiger partial charge in [-0.25, -0.2) is 0 Å². The van der Waals surface area contributed by atoms with Gasteiger partial charge in [-0.2, -0.15) is 0 Å². The van der Waals surface area contributed by atoms with Crippen molar-refractivity contribution in [1.29, 1.82) is 0 Å². The fourth-order valence-corrected chi connectivity index (χ4v) is 4.01. The second-order valence-electron chi connectivity index (χ2n) is 4.64. The van der Waals surface area contributed by atoms with Gasteiger partial charge in [0.2, 0.25) is 0 Å². The summed E-state index contributed by atoms with van der Waals surface area (Å²) in [6.07, 6.45) is 1.84. The zero-order chi connectivity index (χ0) is 14.4. The van der Waals surface area contributed by atoms with E-state index in [1.807, 2.05) is 18.2 Å². The number of para-hydroxylation sites is 1. The summed E-state index contributed by atoms with van der Waals surface area (Å²) in [5.74, 6) is 0. The maximum Gasteiger partial charge on any atom is 0.500 e. The normalized spacial score (nSPS) is 11.9. The predicted octanol–water partition coefficient (Wildman–Crippen LogP) is 3.05. The van der Waals surface area contributed by atoms with E-state index < -0.39 is 8.80 Å². The van der Waals surface area contributed by atoms with E-state index in [-0.39, 0.29) is 0 Å². The van der Waals surface area contributed by atoms with Crippen LogP contribution in [-0.4, -0.2) is 35.1 Å². The second kappa shape index (κ2) is 6.94. The molecule has 0 radical (unpaired) electrons. The summed E-state index contributed by atoms with van der Waals surface area (Å²) >= 11 is 0. The highest BCUT2D eigenvalue weighted by molar-refractivity contribution is 6.60. The number of rotatable bonds is 7. The lowest BCUT2D eigenvalue weighted by Gasteiger charge is -2.24. The maximum atomic E-state index is 5.42. The van der Waals surface area contributed by atoms with Crippen molar-refractivity contribution in [3.8, 4) is 0 Å². The Hall–Kier alpha value is -1.27. The lowest BCUT2D eigenvalue weighted by Crippen LogP contribution is -2.42. The number of hydrogen-bond donors (Lipinski definition) is 0. The highest BCUT2D eigenvalue weighted by Gasteiger charge is 2.36. The van der Waals surface area contributed by atoms with Gasteiger partial charge in [-0.15, -0.1) is 0 Å². The van der Waals surface area contributed by atoms with Gasteiger partial charge in [0.05, 0.1) is 5.52 Å². The zero-order valence-electron chi connectivity index (χ0n) is 12.3. The molecule has 2 aromatic rings. The van der Waals surface area contributed by atoms with Crippen LogP contribution in [0.4, 0.5) is 0 Å². The molecular formula is C15H21NO3Si. The average molecular weight is 291 g/mol. The fourth-order valence-electron chi connectivity index (χ4n) is 2.29. The van der Waals surface area contributed by atoms with Crippen LogP contribution >= 0.6 is 0 Å². The molecule has 1 aromatic heterocycles. The molecule has 20 heavy (non-hydrogen) atoms. The molecule has 0 bridgehead atoms. The zero-order valence-corrected chi connectivity index (χ0v) is 13.3. The summed E-state index contributed by atoms with van der Waals surface area (Å²) in [7, 11) is 2.49. The van der Waals surface area contributed by atoms with Crippen molar-refractivity contribution < 1.29 is 13.3 Å². The van der Waals surface area contributed by atoms with Gasteiger partial charge in [0.25, 0.3) is 0 Å². The Kier molecular flexibility index (Phi) is 5.25. The van der Waals surface area contributed by atoms with Crippen LogP contribution in [0.5, 0.6) is 0 Å². The van der Waals surface area contributed by atoms with Crippen LogP contribution in [0.1, 0.15) is 12.1 Å². The Labute approximate surface area is 121 Å². The molecule has 108 valence electrons. The van der Waals surface area contributed by atoms with E-state index in [0.29, 0.717) is 0 Å². The lowest BCUT2D eigenvalue weighted by atomic mass is 10.1. The van der Waals surface area contributed by atoms with Gasteiger partial charge in [-0.05, 0) is 25.0 Å². The number of benzene rings is 1. The van der Waals surface area contributed by atoms with Crippen LogP contribution in [-0.2, 0) is 19.7 Å². The topological polar surface area (TPSA) is 40.6 Å². The van der Waals surface area contributed by atoms with Crippen molar-refractivity contribution in [3.05, 3.63) is 42.1 Å². The molecule has 0 unspecified atom stereocenters. The summed E-state index contributed by atoms with van der Waals surface area (Å²) in [5, 5.41) is 1.17. The van der Waals surface area contributed by atoms with Crippen LogP contribution in [0.25, 0.3) is 10.9 Å². The van der Waals surface area contributed by atoms with Crippen molar-refractivity contribution >= 4 is 19.7 Å². The molecule has 2 rings (SSSR count). The van der Waals surface area contributed by atoms with Gasteiger partial charge in [0, 0.05) is 38.5 Å². The predicted molar refractivity (Wildman–Crippen MR) is 81.7 cm³/mol. The van der Waals surface area contributed by atoms with E-state index in [2.05, 4.69) is 23.2 Å². The maximum absolute atomic E-state index is 5.42. The van der Waals surface area contributed by atoms with Crippen molar-refractivity contribution in [2.45, 2.75) is 18.9 Å². The van der Waals surface area contributed by atoms with Gasteiger partial charge in [-0.1, -0.05) is 24.3 Å². The minimum Gasteiger partial charge on any atom is -0.377 e. The van der Waals surface area contributed by atoms with Crippen LogP contribution in [0.2, 0.25) is 6.04 Å². The van der Waals surface area contributed by atoms with Crippen LogP contribution in [0, 0.1) is 0 Å². The standard InChI is InChI=1S/C15H21NO3Si/c1-17-20(18-2,19-3)12-6-8-14-11-10-13-7-4-5-9-15(13)16-14/h4-5,7,9-11H,6,8,12H2,1-3H3. The molecule has 0 saturated carbocycles. The largest absolute Gasteiger partial charge is 0.500 e. The molecular weight excluding hydrogens is 270 g/mol. The van der Waals surface area contributed by atoms with E-state index >= 15 is 0 Å². The van der Waals surface area contributed by atoms with Gasteiger partial charge < -0.3 is 13.3 Å². The molecule has 0 aliphatic rings. The Bertz CT molecular complexity index is 549. The van der Waals surface area contributed by atoms with Crippen LogP contribution < -0.4 is 0 Å². The molecule has 0 fully saturated rings. The molecule has 0 aliphatic heterocycles. The summed E-state index contributed by atoms with van der Waals surface area (Å²) in [5.41, 5.74) is 2.13. The molecule has 1 heterocycles. The van der Waals surface area contributed by atoms with Gasteiger partial charge >= 0.3 is 8.80 Å². The van der Waals surface area contributed by atoms with E-state index in [0.717, 1.165) is 30.1 Å². The van der Waals surface area contributed by atoms with Crippen LogP contribution in [0.3, 0.4) is 0 Å². The summed E-state index contributed by atoms with van der Waals surface area (Å²) < 4.78 is 16.3. The van der Waals surface area contributed by atoms with E-state index in [4.69, 9.17) is 13.3 Å². The molecule has 0 atom stereocenters. The first-order chi connectivity index (χ1) is 9.73.